The number of aromatic amines is 1. The van der Waals surface area contributed by atoms with Crippen molar-refractivity contribution < 1.29 is 15.0 Å². The van der Waals surface area contributed by atoms with Crippen LogP contribution >= 0.6 is 0 Å². The zero-order valence-electron chi connectivity index (χ0n) is 17.8. The van der Waals surface area contributed by atoms with Gasteiger partial charge in [-0.15, -0.1) is 0 Å². The molecule has 31 heavy (non-hydrogen) atoms. The third kappa shape index (κ3) is 3.84. The number of nitrogens with two attached hydrogens (primary N) is 1. The molecule has 0 bridgehead atoms. The van der Waals surface area contributed by atoms with Crippen LogP contribution in [0.3, 0.4) is 0 Å². The van der Waals surface area contributed by atoms with Gasteiger partial charge in [0.15, 0.2) is 5.56 Å². The Hall–Kier alpha value is -3.10. The molecule has 0 spiro atoms. The first kappa shape index (κ1) is 21.1. The second kappa shape index (κ2) is 8.20. The molecule has 164 valence electrons. The molecule has 1 aromatic carbocycles. The maximum atomic E-state index is 12.3. The number of aromatic nitrogens is 2. The fourth-order valence-electron chi connectivity index (χ4n) is 4.60. The predicted molar refractivity (Wildman–Crippen MR) is 119 cm³/mol. The van der Waals surface area contributed by atoms with E-state index < -0.39 is 22.8 Å². The van der Waals surface area contributed by atoms with Crippen LogP contribution in [-0.2, 0) is 20.0 Å². The number of aromatic carboxylic acids is 1. The summed E-state index contributed by atoms with van der Waals surface area (Å²) in [6.07, 6.45) is 2.56. The zero-order valence-corrected chi connectivity index (χ0v) is 17.8. The Labute approximate surface area is 179 Å². The van der Waals surface area contributed by atoms with Crippen molar-refractivity contribution >= 4 is 16.9 Å². The molecule has 1 unspecified atom stereocenters. The van der Waals surface area contributed by atoms with Gasteiger partial charge in [-0.2, -0.15) is 0 Å². The molecule has 0 radical (unpaired) electrons. The van der Waals surface area contributed by atoms with Gasteiger partial charge >= 0.3 is 5.97 Å². The lowest BCUT2D eigenvalue weighted by molar-refractivity contribution is 0.0691. The lowest BCUT2D eigenvalue weighted by Gasteiger charge is -2.30. The number of nitrogens with zero attached hydrogens (tertiary/aromatic N) is 2. The number of aromatic hydroxyl groups is 1. The molecule has 3 heterocycles. The lowest BCUT2D eigenvalue weighted by Crippen LogP contribution is -2.42. The number of hydrogen-bond donors (Lipinski definition) is 4. The molecule has 4 rings (SSSR count). The quantitative estimate of drug-likeness (QED) is 0.499. The minimum Gasteiger partial charge on any atom is -0.506 e. The predicted octanol–water partition coefficient (Wildman–Crippen LogP) is 2.42. The van der Waals surface area contributed by atoms with Crippen LogP contribution in [0.15, 0.2) is 29.1 Å². The van der Waals surface area contributed by atoms with Gasteiger partial charge in [0.2, 0.25) is 0 Å². The monoisotopic (exact) mass is 424 g/mol. The smallest absolute Gasteiger partial charge is 0.345 e. The number of hydrogen-bond acceptors (Lipinski definition) is 5. The van der Waals surface area contributed by atoms with E-state index in [0.717, 1.165) is 48.9 Å². The zero-order chi connectivity index (χ0) is 22.3. The summed E-state index contributed by atoms with van der Waals surface area (Å²) in [4.78, 5) is 28.7. The number of rotatable bonds is 5. The summed E-state index contributed by atoms with van der Waals surface area (Å²) in [5, 5.41) is 20.7. The molecular formula is C23H28N4O4. The van der Waals surface area contributed by atoms with E-state index in [4.69, 9.17) is 5.73 Å². The second-order valence-corrected chi connectivity index (χ2v) is 8.30. The Kier molecular flexibility index (Phi) is 5.60. The maximum absolute atomic E-state index is 12.3. The van der Waals surface area contributed by atoms with Crippen molar-refractivity contribution in [3.05, 3.63) is 51.4 Å². The molecule has 1 fully saturated rings. The number of fused-ring (bicyclic) bond motifs is 1. The van der Waals surface area contributed by atoms with Crippen LogP contribution in [0, 0.1) is 0 Å². The summed E-state index contributed by atoms with van der Waals surface area (Å²) in [5.41, 5.74) is 8.51. The first-order chi connectivity index (χ1) is 14.8. The van der Waals surface area contributed by atoms with E-state index in [0.29, 0.717) is 17.7 Å². The molecule has 8 nitrogen and oxygen atoms in total. The normalized spacial score (nSPS) is 17.3. The highest BCUT2D eigenvalue weighted by atomic mass is 16.4. The standard InChI is InChI=1S/C23H28N4O4/c1-3-17-20(25-22(29)19(21(17)28)23(30)31)13-6-7-18-14(9-13)10-16(26(18)2)12-27-8-4-5-15(24)11-27/h6-7,9-10,15H,3-5,8,11-12,24H2,1-2H3,(H,30,31)(H2,25,28,29). The van der Waals surface area contributed by atoms with E-state index in [9.17, 15) is 19.8 Å². The number of aryl methyl sites for hydroxylation is 1. The average molecular weight is 425 g/mol. The highest BCUT2D eigenvalue weighted by molar-refractivity contribution is 5.92. The van der Waals surface area contributed by atoms with Gasteiger partial charge in [-0.25, -0.2) is 4.79 Å². The van der Waals surface area contributed by atoms with Gasteiger partial charge in [-0.1, -0.05) is 13.0 Å². The van der Waals surface area contributed by atoms with E-state index in [1.165, 1.54) is 5.69 Å². The molecule has 8 heteroatoms. The molecule has 1 atom stereocenters. The van der Waals surface area contributed by atoms with E-state index in [1.807, 2.05) is 32.2 Å². The Morgan fingerprint density at radius 3 is 2.77 bits per heavy atom. The summed E-state index contributed by atoms with van der Waals surface area (Å²) in [6.45, 7) is 4.56. The minimum atomic E-state index is -1.44. The Morgan fingerprint density at radius 2 is 2.10 bits per heavy atom. The molecule has 0 aliphatic carbocycles. The molecule has 2 aromatic heterocycles. The average Bonchev–Trinajstić information content (AvgIpc) is 3.02. The van der Waals surface area contributed by atoms with Gasteiger partial charge in [-0.3, -0.25) is 9.69 Å². The van der Waals surface area contributed by atoms with Crippen molar-refractivity contribution in [3.8, 4) is 17.0 Å². The largest absolute Gasteiger partial charge is 0.506 e. The summed E-state index contributed by atoms with van der Waals surface area (Å²) in [5.74, 6) is -1.91. The summed E-state index contributed by atoms with van der Waals surface area (Å²) in [6, 6.07) is 8.18. The molecule has 1 saturated heterocycles. The van der Waals surface area contributed by atoms with Crippen molar-refractivity contribution in [2.45, 2.75) is 38.8 Å². The molecule has 5 N–H and O–H groups in total. The number of benzene rings is 1. The number of nitrogens with one attached hydrogen (secondary N) is 1. The fourth-order valence-corrected chi connectivity index (χ4v) is 4.60. The van der Waals surface area contributed by atoms with Gasteiger partial charge < -0.3 is 25.5 Å². The van der Waals surface area contributed by atoms with Crippen molar-refractivity contribution in [1.82, 2.24) is 14.5 Å². The third-order valence-electron chi connectivity index (χ3n) is 6.22. The van der Waals surface area contributed by atoms with Crippen molar-refractivity contribution in [2.75, 3.05) is 13.1 Å². The number of carbonyl (C=O) groups is 1. The molecule has 0 saturated carbocycles. The molecule has 3 aromatic rings. The van der Waals surface area contributed by atoms with Crippen LogP contribution < -0.4 is 11.3 Å². The van der Waals surface area contributed by atoms with Crippen molar-refractivity contribution in [3.63, 3.8) is 0 Å². The molecule has 0 amide bonds. The topological polar surface area (TPSA) is 125 Å². The minimum absolute atomic E-state index is 0.223. The summed E-state index contributed by atoms with van der Waals surface area (Å²) >= 11 is 0. The molecule has 1 aliphatic heterocycles. The Bertz CT molecular complexity index is 1210. The van der Waals surface area contributed by atoms with Gasteiger partial charge in [0.05, 0.1) is 5.69 Å². The van der Waals surface area contributed by atoms with Crippen LogP contribution in [0.4, 0.5) is 0 Å². The number of piperidine rings is 1. The third-order valence-corrected chi connectivity index (χ3v) is 6.22. The fraction of sp³-hybridized carbons (Fsp3) is 0.391. The van der Waals surface area contributed by atoms with E-state index in [1.54, 1.807) is 0 Å². The van der Waals surface area contributed by atoms with Crippen molar-refractivity contribution in [2.24, 2.45) is 12.8 Å². The first-order valence-electron chi connectivity index (χ1n) is 10.6. The Balaban J connectivity index is 1.75. The Morgan fingerprint density at radius 1 is 1.32 bits per heavy atom. The lowest BCUT2D eigenvalue weighted by atomic mass is 9.99. The summed E-state index contributed by atoms with van der Waals surface area (Å²) < 4.78 is 2.16. The number of carboxylic acids is 1. The molecule has 1 aliphatic rings. The van der Waals surface area contributed by atoms with E-state index in [-0.39, 0.29) is 6.04 Å². The highest BCUT2D eigenvalue weighted by Crippen LogP contribution is 2.32. The van der Waals surface area contributed by atoms with Crippen LogP contribution in [0.25, 0.3) is 22.2 Å². The van der Waals surface area contributed by atoms with Crippen LogP contribution in [0.5, 0.6) is 5.75 Å². The van der Waals surface area contributed by atoms with Crippen LogP contribution in [-0.4, -0.2) is 49.8 Å². The van der Waals surface area contributed by atoms with Gasteiger partial charge in [-0.05, 0) is 49.6 Å². The van der Waals surface area contributed by atoms with Gasteiger partial charge in [0, 0.05) is 48.3 Å². The second-order valence-electron chi connectivity index (χ2n) is 8.30. The number of likely N-dealkylation sites (tertiary alicyclic amines) is 1. The SMILES string of the molecule is CCc1c(-c2ccc3c(c2)cc(CN2CCCC(N)C2)n3C)[nH]c(=O)c(C(=O)O)c1O. The van der Waals surface area contributed by atoms with Crippen LogP contribution in [0.2, 0.25) is 0 Å². The molecular weight excluding hydrogens is 396 g/mol. The van der Waals surface area contributed by atoms with E-state index in [2.05, 4.69) is 20.5 Å². The number of H-pyrrole nitrogens is 1. The van der Waals surface area contributed by atoms with Crippen LogP contribution in [0.1, 0.15) is 41.4 Å². The summed E-state index contributed by atoms with van der Waals surface area (Å²) in [7, 11) is 2.04. The first-order valence-corrected chi connectivity index (χ1v) is 10.6. The van der Waals surface area contributed by atoms with E-state index >= 15 is 0 Å². The van der Waals surface area contributed by atoms with Gasteiger partial charge in [0.1, 0.15) is 5.75 Å². The van der Waals surface area contributed by atoms with Crippen molar-refractivity contribution in [1.29, 1.82) is 0 Å². The number of carboxylic acid groups (broad SMARTS) is 1. The van der Waals surface area contributed by atoms with Gasteiger partial charge in [0.25, 0.3) is 5.56 Å². The highest BCUT2D eigenvalue weighted by Gasteiger charge is 2.22. The number of pyridine rings is 1. The maximum Gasteiger partial charge on any atom is 0.345 e.